The van der Waals surface area contributed by atoms with Crippen molar-refractivity contribution in [1.29, 1.82) is 0 Å². The van der Waals surface area contributed by atoms with Crippen molar-refractivity contribution >= 4 is 23.2 Å². The van der Waals surface area contributed by atoms with Crippen LogP contribution in [0.1, 0.15) is 13.8 Å². The number of nitrogens with zero attached hydrogens (tertiary/aromatic N) is 1. The standard InChI is InChI=1S/C5H11N3OS/c1-3-9-4(2)7-8-5(6)10/h3H2,1-2H3,(H3,6,8,10). The van der Waals surface area contributed by atoms with Crippen molar-refractivity contribution < 1.29 is 4.74 Å². The number of nitrogens with two attached hydrogens (primary N) is 1. The molecule has 3 N–H and O–H groups in total. The molecule has 0 fully saturated rings. The Morgan fingerprint density at radius 3 is 2.80 bits per heavy atom. The predicted octanol–water partition coefficient (Wildman–Crippen LogP) is 0.189. The second kappa shape index (κ2) is 4.99. The summed E-state index contributed by atoms with van der Waals surface area (Å²) in [7, 11) is 0. The molecule has 0 aliphatic carbocycles. The van der Waals surface area contributed by atoms with E-state index in [9.17, 15) is 0 Å². The Balaban J connectivity index is 3.57. The lowest BCUT2D eigenvalue weighted by Gasteiger charge is -2.00. The van der Waals surface area contributed by atoms with E-state index in [1.807, 2.05) is 6.92 Å². The van der Waals surface area contributed by atoms with Crippen molar-refractivity contribution in [3.8, 4) is 0 Å². The lowest BCUT2D eigenvalue weighted by Crippen LogP contribution is -2.25. The second-order valence-corrected chi connectivity index (χ2v) is 1.98. The Kier molecular flexibility index (Phi) is 4.57. The Labute approximate surface area is 65.4 Å². The highest BCUT2D eigenvalue weighted by atomic mass is 32.1. The molecule has 0 aliphatic rings. The van der Waals surface area contributed by atoms with Gasteiger partial charge in [-0.1, -0.05) is 0 Å². The lowest BCUT2D eigenvalue weighted by molar-refractivity contribution is 0.322. The number of nitrogens with one attached hydrogen (secondary N) is 1. The maximum absolute atomic E-state index is 5.09. The van der Waals surface area contributed by atoms with Crippen LogP contribution in [0.5, 0.6) is 0 Å². The molecule has 0 aliphatic heterocycles. The van der Waals surface area contributed by atoms with Crippen LogP contribution in [0.15, 0.2) is 5.10 Å². The fourth-order valence-electron chi connectivity index (χ4n) is 0.375. The molecule has 0 saturated heterocycles. The fourth-order valence-corrected chi connectivity index (χ4v) is 0.421. The Morgan fingerprint density at radius 1 is 1.80 bits per heavy atom. The van der Waals surface area contributed by atoms with Gasteiger partial charge in [0, 0.05) is 6.92 Å². The number of hydrogen-bond acceptors (Lipinski definition) is 3. The predicted molar refractivity (Wildman–Crippen MR) is 44.7 cm³/mol. The van der Waals surface area contributed by atoms with Crippen LogP contribution in [0, 0.1) is 0 Å². The fraction of sp³-hybridized carbons (Fsp3) is 0.600. The zero-order valence-corrected chi connectivity index (χ0v) is 6.86. The molecule has 0 atom stereocenters. The topological polar surface area (TPSA) is 59.6 Å². The van der Waals surface area contributed by atoms with Gasteiger partial charge in [-0.25, -0.2) is 0 Å². The summed E-state index contributed by atoms with van der Waals surface area (Å²) in [5, 5.41) is 3.83. The van der Waals surface area contributed by atoms with E-state index in [2.05, 4.69) is 22.7 Å². The summed E-state index contributed by atoms with van der Waals surface area (Å²) < 4.78 is 4.96. The van der Waals surface area contributed by atoms with Gasteiger partial charge in [-0.05, 0) is 19.1 Å². The van der Waals surface area contributed by atoms with Crippen LogP contribution < -0.4 is 11.2 Å². The minimum Gasteiger partial charge on any atom is -0.480 e. The average Bonchev–Trinajstić information content (AvgIpc) is 1.85. The number of hydrogen-bond donors (Lipinski definition) is 2. The van der Waals surface area contributed by atoms with E-state index in [1.165, 1.54) is 0 Å². The molecule has 0 spiro atoms. The van der Waals surface area contributed by atoms with E-state index in [-0.39, 0.29) is 5.11 Å². The van der Waals surface area contributed by atoms with Gasteiger partial charge in [0.05, 0.1) is 6.61 Å². The largest absolute Gasteiger partial charge is 0.480 e. The van der Waals surface area contributed by atoms with Crippen molar-refractivity contribution in [1.82, 2.24) is 5.43 Å². The van der Waals surface area contributed by atoms with Crippen molar-refractivity contribution in [3.63, 3.8) is 0 Å². The summed E-state index contributed by atoms with van der Waals surface area (Å²) in [6.07, 6.45) is 0. The van der Waals surface area contributed by atoms with E-state index in [0.29, 0.717) is 12.5 Å². The van der Waals surface area contributed by atoms with Gasteiger partial charge in [-0.3, -0.25) is 5.43 Å². The van der Waals surface area contributed by atoms with E-state index in [1.54, 1.807) is 6.92 Å². The van der Waals surface area contributed by atoms with Gasteiger partial charge in [-0.2, -0.15) is 0 Å². The summed E-state index contributed by atoms with van der Waals surface area (Å²) in [5.41, 5.74) is 7.50. The zero-order chi connectivity index (χ0) is 7.98. The summed E-state index contributed by atoms with van der Waals surface area (Å²) in [5.74, 6) is 0.523. The molecule has 0 aromatic rings. The third-order valence-corrected chi connectivity index (χ3v) is 0.768. The molecule has 0 saturated carbocycles. The molecule has 0 rings (SSSR count). The minimum absolute atomic E-state index is 0.138. The van der Waals surface area contributed by atoms with Crippen LogP contribution in [0.25, 0.3) is 0 Å². The molecule has 4 nitrogen and oxygen atoms in total. The molecule has 0 radical (unpaired) electrons. The van der Waals surface area contributed by atoms with Crippen LogP contribution in [0.4, 0.5) is 0 Å². The van der Waals surface area contributed by atoms with Crippen LogP contribution in [-0.4, -0.2) is 17.6 Å². The Bertz CT molecular complexity index is 146. The summed E-state index contributed by atoms with van der Waals surface area (Å²) in [6, 6.07) is 0. The summed E-state index contributed by atoms with van der Waals surface area (Å²) in [6.45, 7) is 4.18. The third-order valence-electron chi connectivity index (χ3n) is 0.677. The van der Waals surface area contributed by atoms with Gasteiger partial charge in [0.25, 0.3) is 0 Å². The minimum atomic E-state index is 0.138. The molecule has 0 bridgehead atoms. The SMILES string of the molecule is CCOC(C)=NNC(N)=S. The molecule has 0 unspecified atom stereocenters. The van der Waals surface area contributed by atoms with Crippen LogP contribution >= 0.6 is 12.2 Å². The summed E-state index contributed by atoms with van der Waals surface area (Å²) >= 11 is 4.50. The highest BCUT2D eigenvalue weighted by Gasteiger charge is 1.87. The molecular formula is C5H11N3OS. The molecule has 10 heavy (non-hydrogen) atoms. The number of thiocarbonyl (C=S) groups is 1. The molecule has 58 valence electrons. The van der Waals surface area contributed by atoms with Gasteiger partial charge in [0.2, 0.25) is 5.90 Å². The van der Waals surface area contributed by atoms with Gasteiger partial charge >= 0.3 is 0 Å². The number of hydrazone groups is 1. The van der Waals surface area contributed by atoms with E-state index >= 15 is 0 Å². The first-order chi connectivity index (χ1) is 4.66. The quantitative estimate of drug-likeness (QED) is 0.263. The maximum Gasteiger partial charge on any atom is 0.203 e. The van der Waals surface area contributed by atoms with Gasteiger partial charge in [-0.15, -0.1) is 5.10 Å². The first-order valence-electron chi connectivity index (χ1n) is 2.89. The van der Waals surface area contributed by atoms with Crippen molar-refractivity contribution in [2.75, 3.05) is 6.61 Å². The van der Waals surface area contributed by atoms with E-state index in [0.717, 1.165) is 0 Å². The zero-order valence-electron chi connectivity index (χ0n) is 6.05. The van der Waals surface area contributed by atoms with Crippen molar-refractivity contribution in [2.45, 2.75) is 13.8 Å². The first-order valence-corrected chi connectivity index (χ1v) is 3.30. The first kappa shape index (κ1) is 9.16. The van der Waals surface area contributed by atoms with Crippen LogP contribution in [0.3, 0.4) is 0 Å². The maximum atomic E-state index is 5.09. The lowest BCUT2D eigenvalue weighted by atomic mass is 10.7. The second-order valence-electron chi connectivity index (χ2n) is 1.54. The van der Waals surface area contributed by atoms with Crippen molar-refractivity contribution in [3.05, 3.63) is 0 Å². The highest BCUT2D eigenvalue weighted by Crippen LogP contribution is 1.77. The molecule has 0 aromatic carbocycles. The van der Waals surface area contributed by atoms with Gasteiger partial charge < -0.3 is 10.5 Å². The monoisotopic (exact) mass is 161 g/mol. The third kappa shape index (κ3) is 5.30. The smallest absolute Gasteiger partial charge is 0.203 e. The molecule has 0 amide bonds. The van der Waals surface area contributed by atoms with Gasteiger partial charge in [0.15, 0.2) is 5.11 Å². The van der Waals surface area contributed by atoms with E-state index < -0.39 is 0 Å². The van der Waals surface area contributed by atoms with Gasteiger partial charge in [0.1, 0.15) is 0 Å². The Morgan fingerprint density at radius 2 is 2.40 bits per heavy atom. The molecule has 0 aromatic heterocycles. The number of rotatable bonds is 2. The molecule has 5 heteroatoms. The Hall–Kier alpha value is -0.840. The van der Waals surface area contributed by atoms with Crippen LogP contribution in [0.2, 0.25) is 0 Å². The van der Waals surface area contributed by atoms with Crippen LogP contribution in [-0.2, 0) is 4.74 Å². The molecule has 0 heterocycles. The number of ether oxygens (including phenoxy) is 1. The van der Waals surface area contributed by atoms with E-state index in [4.69, 9.17) is 10.5 Å². The normalized spacial score (nSPS) is 10.8. The highest BCUT2D eigenvalue weighted by molar-refractivity contribution is 7.80. The average molecular weight is 161 g/mol. The molecular weight excluding hydrogens is 150 g/mol. The summed E-state index contributed by atoms with van der Waals surface area (Å²) in [4.78, 5) is 0. The van der Waals surface area contributed by atoms with Crippen molar-refractivity contribution in [2.24, 2.45) is 10.8 Å².